The molecule has 2 aromatic heterocycles. The van der Waals surface area contributed by atoms with Gasteiger partial charge in [0.1, 0.15) is 17.9 Å². The first kappa shape index (κ1) is 13.8. The highest BCUT2D eigenvalue weighted by atomic mass is 19.1. The minimum Gasteiger partial charge on any atom is -0.317 e. The lowest BCUT2D eigenvalue weighted by Gasteiger charge is -2.12. The predicted molar refractivity (Wildman–Crippen MR) is 84.3 cm³/mol. The summed E-state index contributed by atoms with van der Waals surface area (Å²) < 4.78 is 15.2. The molecule has 0 saturated carbocycles. The Bertz CT molecular complexity index is 856. The molecule has 0 unspecified atom stereocenters. The Balaban J connectivity index is 1.97. The van der Waals surface area contributed by atoms with Gasteiger partial charge in [0, 0.05) is 29.9 Å². The summed E-state index contributed by atoms with van der Waals surface area (Å²) in [5, 5.41) is 0. The molecule has 0 N–H and O–H groups in total. The number of carbonyl (C=O) groups is 1. The summed E-state index contributed by atoms with van der Waals surface area (Å²) in [7, 11) is 0. The van der Waals surface area contributed by atoms with E-state index < -0.39 is 0 Å². The summed E-state index contributed by atoms with van der Waals surface area (Å²) in [6, 6.07) is 9.88. The zero-order valence-corrected chi connectivity index (χ0v) is 12.3. The van der Waals surface area contributed by atoms with Crippen molar-refractivity contribution in [2.24, 2.45) is 0 Å². The molecule has 0 saturated heterocycles. The van der Waals surface area contributed by atoms with E-state index in [0.29, 0.717) is 0 Å². The number of aromatic nitrogens is 3. The molecule has 3 aromatic rings. The summed E-state index contributed by atoms with van der Waals surface area (Å²) in [5.41, 5.74) is 3.46. The summed E-state index contributed by atoms with van der Waals surface area (Å²) in [5.74, 6) is 0.616. The molecule has 23 heavy (non-hydrogen) atoms. The van der Waals surface area contributed by atoms with Crippen LogP contribution in [0.3, 0.4) is 0 Å². The van der Waals surface area contributed by atoms with Gasteiger partial charge in [-0.2, -0.15) is 0 Å². The van der Waals surface area contributed by atoms with Crippen molar-refractivity contribution in [2.45, 2.75) is 18.9 Å². The van der Waals surface area contributed by atoms with Crippen LogP contribution in [0.5, 0.6) is 0 Å². The van der Waals surface area contributed by atoms with E-state index in [1.165, 1.54) is 12.1 Å². The van der Waals surface area contributed by atoms with Gasteiger partial charge in [-0.05, 0) is 42.8 Å². The van der Waals surface area contributed by atoms with E-state index in [4.69, 9.17) is 4.98 Å². The van der Waals surface area contributed by atoms with Crippen molar-refractivity contribution in [2.75, 3.05) is 0 Å². The third-order valence-corrected chi connectivity index (χ3v) is 4.21. The molecule has 4 nitrogen and oxygen atoms in total. The minimum atomic E-state index is -0.281. The molecule has 1 aromatic carbocycles. The van der Waals surface area contributed by atoms with E-state index in [9.17, 15) is 9.18 Å². The van der Waals surface area contributed by atoms with Crippen molar-refractivity contribution in [1.82, 2.24) is 14.5 Å². The number of halogens is 1. The summed E-state index contributed by atoms with van der Waals surface area (Å²) in [4.78, 5) is 20.2. The number of benzene rings is 1. The van der Waals surface area contributed by atoms with Gasteiger partial charge in [-0.3, -0.25) is 4.98 Å². The number of imidazole rings is 1. The molecule has 1 aliphatic rings. The van der Waals surface area contributed by atoms with Gasteiger partial charge in [0.15, 0.2) is 0 Å². The monoisotopic (exact) mass is 307 g/mol. The summed E-state index contributed by atoms with van der Waals surface area (Å²) in [6.07, 6.45) is 5.94. The van der Waals surface area contributed by atoms with Crippen molar-refractivity contribution >= 4 is 6.29 Å². The highest BCUT2D eigenvalue weighted by molar-refractivity contribution is 5.80. The summed E-state index contributed by atoms with van der Waals surface area (Å²) >= 11 is 0. The van der Waals surface area contributed by atoms with Crippen LogP contribution in [-0.2, 0) is 11.2 Å². The average Bonchev–Trinajstić information content (AvgIpc) is 3.15. The van der Waals surface area contributed by atoms with Crippen LogP contribution in [0.2, 0.25) is 0 Å². The molecule has 0 fully saturated rings. The van der Waals surface area contributed by atoms with Crippen LogP contribution in [-0.4, -0.2) is 20.8 Å². The molecule has 0 spiro atoms. The van der Waals surface area contributed by atoms with Gasteiger partial charge in [0.25, 0.3) is 0 Å². The lowest BCUT2D eigenvalue weighted by molar-refractivity contribution is -0.110. The summed E-state index contributed by atoms with van der Waals surface area (Å²) in [6.45, 7) is 0. The van der Waals surface area contributed by atoms with Crippen LogP contribution in [0.1, 0.15) is 18.3 Å². The molecular weight excluding hydrogens is 293 g/mol. The van der Waals surface area contributed by atoms with Crippen molar-refractivity contribution in [3.05, 3.63) is 60.4 Å². The van der Waals surface area contributed by atoms with Gasteiger partial charge in [0.2, 0.25) is 0 Å². The van der Waals surface area contributed by atoms with E-state index >= 15 is 0 Å². The number of carbonyl (C=O) groups excluding carboxylic acids is 1. The smallest absolute Gasteiger partial charge is 0.142 e. The zero-order valence-electron chi connectivity index (χ0n) is 12.3. The number of hydrogen-bond donors (Lipinski definition) is 0. The third-order valence-electron chi connectivity index (χ3n) is 4.21. The predicted octanol–water partition coefficient (Wildman–Crippen LogP) is 3.44. The van der Waals surface area contributed by atoms with E-state index in [0.717, 1.165) is 47.5 Å². The Hall–Kier alpha value is -2.82. The number of nitrogens with zero attached hydrogens (tertiary/aromatic N) is 3. The zero-order chi connectivity index (χ0) is 15.8. The quantitative estimate of drug-likeness (QED) is 0.696. The maximum absolute atomic E-state index is 13.2. The largest absolute Gasteiger partial charge is 0.317 e. The van der Waals surface area contributed by atoms with Crippen molar-refractivity contribution < 1.29 is 9.18 Å². The number of hydrogen-bond acceptors (Lipinski definition) is 3. The molecule has 0 aliphatic carbocycles. The van der Waals surface area contributed by atoms with Gasteiger partial charge in [-0.25, -0.2) is 9.37 Å². The van der Waals surface area contributed by atoms with Crippen molar-refractivity contribution in [3.63, 3.8) is 0 Å². The van der Waals surface area contributed by atoms with Gasteiger partial charge < -0.3 is 9.36 Å². The van der Waals surface area contributed by atoms with Crippen LogP contribution in [0.15, 0.2) is 48.8 Å². The normalized spacial score (nSPS) is 16.3. The molecule has 114 valence electrons. The van der Waals surface area contributed by atoms with Crippen LogP contribution in [0.25, 0.3) is 22.5 Å². The molecule has 0 bridgehead atoms. The third kappa shape index (κ3) is 2.25. The highest BCUT2D eigenvalue weighted by Gasteiger charge is 2.29. The fourth-order valence-electron chi connectivity index (χ4n) is 3.14. The van der Waals surface area contributed by atoms with Crippen molar-refractivity contribution in [1.29, 1.82) is 0 Å². The fraction of sp³-hybridized carbons (Fsp3) is 0.167. The second-order valence-corrected chi connectivity index (χ2v) is 5.58. The highest BCUT2D eigenvalue weighted by Crippen LogP contribution is 2.38. The maximum Gasteiger partial charge on any atom is 0.142 e. The van der Waals surface area contributed by atoms with Gasteiger partial charge >= 0.3 is 0 Å². The Kier molecular flexibility index (Phi) is 3.26. The Labute approximate surface area is 132 Å². The lowest BCUT2D eigenvalue weighted by atomic mass is 10.0. The van der Waals surface area contributed by atoms with Crippen LogP contribution in [0, 0.1) is 5.82 Å². The number of aryl methyl sites for hydroxylation is 1. The van der Waals surface area contributed by atoms with Gasteiger partial charge in [-0.15, -0.1) is 0 Å². The standard InChI is InChI=1S/C18H14FN3O/c19-14-3-1-12(2-4-14)17-18(13-7-9-20-10-8-13)22-15(11-23)5-6-16(22)21-17/h1-4,7-11,15H,5-6H2/t15-/m0/s1. The number of pyridine rings is 1. The number of fused-ring (bicyclic) bond motifs is 1. The van der Waals surface area contributed by atoms with Crippen LogP contribution < -0.4 is 0 Å². The molecule has 0 radical (unpaired) electrons. The topological polar surface area (TPSA) is 47.8 Å². The van der Waals surface area contributed by atoms with Crippen molar-refractivity contribution in [3.8, 4) is 22.5 Å². The van der Waals surface area contributed by atoms with Gasteiger partial charge in [0.05, 0.1) is 17.4 Å². The second-order valence-electron chi connectivity index (χ2n) is 5.58. The van der Waals surface area contributed by atoms with E-state index in [2.05, 4.69) is 4.98 Å². The number of rotatable bonds is 3. The van der Waals surface area contributed by atoms with E-state index in [1.807, 2.05) is 16.7 Å². The maximum atomic E-state index is 13.2. The Morgan fingerprint density at radius 3 is 2.52 bits per heavy atom. The van der Waals surface area contributed by atoms with Crippen LogP contribution in [0.4, 0.5) is 4.39 Å². The first-order valence-electron chi connectivity index (χ1n) is 7.50. The molecular formula is C18H14FN3O. The Morgan fingerprint density at radius 2 is 1.83 bits per heavy atom. The average molecular weight is 307 g/mol. The molecule has 4 rings (SSSR count). The second kappa shape index (κ2) is 5.43. The molecule has 0 amide bonds. The number of aldehydes is 1. The molecule has 3 heterocycles. The first-order valence-corrected chi connectivity index (χ1v) is 7.50. The van der Waals surface area contributed by atoms with Gasteiger partial charge in [-0.1, -0.05) is 0 Å². The minimum absolute atomic E-state index is 0.199. The lowest BCUT2D eigenvalue weighted by Crippen LogP contribution is -2.06. The fourth-order valence-corrected chi connectivity index (χ4v) is 3.14. The molecule has 1 aliphatic heterocycles. The Morgan fingerprint density at radius 1 is 1.09 bits per heavy atom. The van der Waals surface area contributed by atoms with Crippen LogP contribution >= 0.6 is 0 Å². The van der Waals surface area contributed by atoms with E-state index in [-0.39, 0.29) is 11.9 Å². The first-order chi connectivity index (χ1) is 11.3. The molecule has 5 heteroatoms. The molecule has 1 atom stereocenters. The SMILES string of the molecule is O=C[C@@H]1CCc2nc(-c3ccc(F)cc3)c(-c3ccncc3)n21. The van der Waals surface area contributed by atoms with E-state index in [1.54, 1.807) is 24.5 Å².